The van der Waals surface area contributed by atoms with E-state index >= 15 is 0 Å². The highest BCUT2D eigenvalue weighted by Crippen LogP contribution is 2.13. The quantitative estimate of drug-likeness (QED) is 0.668. The standard InChI is InChI=1S/C21H22N4O3/c1-3-4-13-25-21(28)17-8-6-5-7-16(17)18(24-25)20(27)23-22-19(26)15-11-9-14(2)10-12-15/h5-12H,3-4,13H2,1-2H3,(H,22,26)(H,23,27). The molecule has 3 aromatic rings. The number of hydrogen-bond acceptors (Lipinski definition) is 4. The first-order chi connectivity index (χ1) is 13.5. The van der Waals surface area contributed by atoms with E-state index in [2.05, 4.69) is 16.0 Å². The lowest BCUT2D eigenvalue weighted by Gasteiger charge is -2.12. The molecule has 2 N–H and O–H groups in total. The first-order valence-electron chi connectivity index (χ1n) is 9.18. The number of nitrogens with zero attached hydrogens (tertiary/aromatic N) is 2. The second-order valence-corrected chi connectivity index (χ2v) is 6.55. The zero-order chi connectivity index (χ0) is 20.1. The molecule has 7 nitrogen and oxygen atoms in total. The van der Waals surface area contributed by atoms with Crippen LogP contribution in [0.5, 0.6) is 0 Å². The van der Waals surface area contributed by atoms with Gasteiger partial charge in [-0.2, -0.15) is 5.10 Å². The molecule has 28 heavy (non-hydrogen) atoms. The Labute approximate surface area is 162 Å². The van der Waals surface area contributed by atoms with Crippen LogP contribution in [-0.2, 0) is 6.54 Å². The fourth-order valence-electron chi connectivity index (χ4n) is 2.81. The van der Waals surface area contributed by atoms with Crippen molar-refractivity contribution < 1.29 is 9.59 Å². The van der Waals surface area contributed by atoms with E-state index in [-0.39, 0.29) is 11.3 Å². The van der Waals surface area contributed by atoms with Crippen molar-refractivity contribution in [3.05, 3.63) is 75.7 Å². The SMILES string of the molecule is CCCCn1nc(C(=O)NNC(=O)c2ccc(C)cc2)c2ccccc2c1=O. The lowest BCUT2D eigenvalue weighted by atomic mass is 10.1. The molecule has 1 heterocycles. The molecule has 3 rings (SSSR count). The number of nitrogens with one attached hydrogen (secondary N) is 2. The second kappa shape index (κ2) is 8.47. The van der Waals surface area contributed by atoms with Crippen LogP contribution in [0, 0.1) is 6.92 Å². The van der Waals surface area contributed by atoms with E-state index in [1.165, 1.54) is 4.68 Å². The third kappa shape index (κ3) is 4.09. The predicted molar refractivity (Wildman–Crippen MR) is 107 cm³/mol. The van der Waals surface area contributed by atoms with E-state index in [0.29, 0.717) is 22.9 Å². The number of fused-ring (bicyclic) bond motifs is 1. The Morgan fingerprint density at radius 3 is 2.29 bits per heavy atom. The second-order valence-electron chi connectivity index (χ2n) is 6.55. The molecule has 0 aliphatic carbocycles. The minimum absolute atomic E-state index is 0.0931. The summed E-state index contributed by atoms with van der Waals surface area (Å²) in [6, 6.07) is 13.8. The molecule has 0 bridgehead atoms. The highest BCUT2D eigenvalue weighted by Gasteiger charge is 2.17. The molecular formula is C21H22N4O3. The van der Waals surface area contributed by atoms with Gasteiger partial charge in [0.05, 0.1) is 5.39 Å². The van der Waals surface area contributed by atoms with Gasteiger partial charge in [-0.25, -0.2) is 4.68 Å². The van der Waals surface area contributed by atoms with Crippen molar-refractivity contribution in [2.24, 2.45) is 0 Å². The van der Waals surface area contributed by atoms with Gasteiger partial charge in [0, 0.05) is 17.5 Å². The summed E-state index contributed by atoms with van der Waals surface area (Å²) in [7, 11) is 0. The van der Waals surface area contributed by atoms with Gasteiger partial charge in [0.15, 0.2) is 5.69 Å². The number of aromatic nitrogens is 2. The Bertz CT molecular complexity index is 1070. The molecule has 0 unspecified atom stereocenters. The molecule has 0 fully saturated rings. The molecule has 0 aliphatic rings. The van der Waals surface area contributed by atoms with Crippen molar-refractivity contribution in [3.63, 3.8) is 0 Å². The van der Waals surface area contributed by atoms with Gasteiger partial charge < -0.3 is 0 Å². The predicted octanol–water partition coefficient (Wildman–Crippen LogP) is 2.58. The van der Waals surface area contributed by atoms with E-state index in [9.17, 15) is 14.4 Å². The van der Waals surface area contributed by atoms with Crippen molar-refractivity contribution in [1.82, 2.24) is 20.6 Å². The molecule has 0 aliphatic heterocycles. The van der Waals surface area contributed by atoms with Crippen LogP contribution in [-0.4, -0.2) is 21.6 Å². The van der Waals surface area contributed by atoms with E-state index < -0.39 is 11.8 Å². The average Bonchev–Trinajstić information content (AvgIpc) is 2.72. The van der Waals surface area contributed by atoms with Gasteiger partial charge in [-0.1, -0.05) is 49.2 Å². The smallest absolute Gasteiger partial charge is 0.267 e. The molecule has 0 atom stereocenters. The number of carbonyl (C=O) groups excluding carboxylic acids is 2. The Kier molecular flexibility index (Phi) is 5.84. The maximum absolute atomic E-state index is 12.7. The van der Waals surface area contributed by atoms with Crippen LogP contribution in [0.4, 0.5) is 0 Å². The lowest BCUT2D eigenvalue weighted by molar-refractivity contribution is 0.0843. The molecule has 2 amide bonds. The van der Waals surface area contributed by atoms with Crippen molar-refractivity contribution in [2.75, 3.05) is 0 Å². The fourth-order valence-corrected chi connectivity index (χ4v) is 2.81. The van der Waals surface area contributed by atoms with Crippen LogP contribution < -0.4 is 16.4 Å². The van der Waals surface area contributed by atoms with Crippen molar-refractivity contribution >= 4 is 22.6 Å². The molecule has 0 radical (unpaired) electrons. The van der Waals surface area contributed by atoms with Gasteiger partial charge in [-0.05, 0) is 31.5 Å². The molecule has 0 saturated heterocycles. The number of benzene rings is 2. The molecule has 0 saturated carbocycles. The number of hydrogen-bond donors (Lipinski definition) is 2. The maximum atomic E-state index is 12.7. The van der Waals surface area contributed by atoms with Gasteiger partial charge in [0.2, 0.25) is 0 Å². The van der Waals surface area contributed by atoms with Crippen LogP contribution in [0.25, 0.3) is 10.8 Å². The normalized spacial score (nSPS) is 10.6. The van der Waals surface area contributed by atoms with Gasteiger partial charge in [0.1, 0.15) is 0 Å². The highest BCUT2D eigenvalue weighted by molar-refractivity contribution is 6.06. The summed E-state index contributed by atoms with van der Waals surface area (Å²) in [6.07, 6.45) is 1.67. The van der Waals surface area contributed by atoms with Crippen molar-refractivity contribution in [3.8, 4) is 0 Å². The number of rotatable bonds is 5. The van der Waals surface area contributed by atoms with Crippen LogP contribution >= 0.6 is 0 Å². The Morgan fingerprint density at radius 1 is 0.964 bits per heavy atom. The first kappa shape index (κ1) is 19.3. The van der Waals surface area contributed by atoms with Crippen LogP contribution in [0.15, 0.2) is 53.3 Å². The van der Waals surface area contributed by atoms with Gasteiger partial charge in [0.25, 0.3) is 17.4 Å². The first-order valence-corrected chi connectivity index (χ1v) is 9.18. The van der Waals surface area contributed by atoms with Gasteiger partial charge in [-0.3, -0.25) is 25.2 Å². The van der Waals surface area contributed by atoms with E-state index in [0.717, 1.165) is 18.4 Å². The average molecular weight is 378 g/mol. The summed E-state index contributed by atoms with van der Waals surface area (Å²) in [5, 5.41) is 5.11. The highest BCUT2D eigenvalue weighted by atomic mass is 16.2. The van der Waals surface area contributed by atoms with Crippen LogP contribution in [0.1, 0.15) is 46.2 Å². The minimum Gasteiger partial charge on any atom is -0.267 e. The number of amides is 2. The van der Waals surface area contributed by atoms with E-state index in [1.54, 1.807) is 36.4 Å². The minimum atomic E-state index is -0.582. The lowest BCUT2D eigenvalue weighted by Crippen LogP contribution is -2.42. The topological polar surface area (TPSA) is 93.1 Å². The van der Waals surface area contributed by atoms with Gasteiger partial charge >= 0.3 is 0 Å². The third-order valence-corrected chi connectivity index (χ3v) is 4.41. The number of unbranched alkanes of at least 4 members (excludes halogenated alkanes) is 1. The largest absolute Gasteiger partial charge is 0.290 e. The molecule has 144 valence electrons. The van der Waals surface area contributed by atoms with Crippen molar-refractivity contribution in [1.29, 1.82) is 0 Å². The summed E-state index contributed by atoms with van der Waals surface area (Å²) in [5.41, 5.74) is 6.10. The van der Waals surface area contributed by atoms with Crippen LogP contribution in [0.2, 0.25) is 0 Å². The Hall–Kier alpha value is -3.48. The molecule has 7 heteroatoms. The summed E-state index contributed by atoms with van der Waals surface area (Å²) in [4.78, 5) is 37.5. The zero-order valence-electron chi connectivity index (χ0n) is 15.9. The number of hydrazine groups is 1. The van der Waals surface area contributed by atoms with Crippen molar-refractivity contribution in [2.45, 2.75) is 33.2 Å². The molecule has 0 spiro atoms. The van der Waals surface area contributed by atoms with E-state index in [4.69, 9.17) is 0 Å². The molecule has 2 aromatic carbocycles. The maximum Gasteiger partial charge on any atom is 0.290 e. The van der Waals surface area contributed by atoms with Crippen LogP contribution in [0.3, 0.4) is 0 Å². The summed E-state index contributed by atoms with van der Waals surface area (Å²) >= 11 is 0. The zero-order valence-corrected chi connectivity index (χ0v) is 15.9. The summed E-state index contributed by atoms with van der Waals surface area (Å²) in [6.45, 7) is 4.37. The number of aryl methyl sites for hydroxylation is 2. The summed E-state index contributed by atoms with van der Waals surface area (Å²) < 4.78 is 1.31. The van der Waals surface area contributed by atoms with E-state index in [1.807, 2.05) is 26.0 Å². The fraction of sp³-hybridized carbons (Fsp3) is 0.238. The Balaban J connectivity index is 1.86. The Morgan fingerprint density at radius 2 is 1.61 bits per heavy atom. The van der Waals surface area contributed by atoms with Gasteiger partial charge in [-0.15, -0.1) is 0 Å². The molecular weight excluding hydrogens is 356 g/mol. The monoisotopic (exact) mass is 378 g/mol. The third-order valence-electron chi connectivity index (χ3n) is 4.41. The molecule has 1 aromatic heterocycles. The number of carbonyl (C=O) groups is 2. The summed E-state index contributed by atoms with van der Waals surface area (Å²) in [5.74, 6) is -1.01.